The van der Waals surface area contributed by atoms with Gasteiger partial charge in [-0.2, -0.15) is 0 Å². The molecule has 1 aromatic carbocycles. The molecule has 0 radical (unpaired) electrons. The molecule has 0 heterocycles. The van der Waals surface area contributed by atoms with Crippen LogP contribution in [0.15, 0.2) is 12.1 Å². The van der Waals surface area contributed by atoms with Crippen molar-refractivity contribution >= 4 is 23.5 Å². The predicted molar refractivity (Wildman–Crippen MR) is 55.4 cm³/mol. The van der Waals surface area contributed by atoms with Gasteiger partial charge in [0.25, 0.3) is 5.91 Å². The van der Waals surface area contributed by atoms with Gasteiger partial charge in [0.05, 0.1) is 10.6 Å². The fourth-order valence-electron chi connectivity index (χ4n) is 0.961. The standard InChI is InChI=1S/C10H8ClF2NO3/c1-4(9(14)15)17-10(16)5-2-7(12)8(13)3-6(5)11/h2-4H,1H3,(H2,14,15)/t4-/m1/s1. The number of hydrogen-bond donors (Lipinski definition) is 1. The molecular formula is C10H8ClF2NO3. The molecule has 17 heavy (non-hydrogen) atoms. The lowest BCUT2D eigenvalue weighted by Crippen LogP contribution is -2.30. The predicted octanol–water partition coefficient (Wildman–Crippen LogP) is 1.65. The number of primary amides is 1. The first kappa shape index (κ1) is 13.4. The highest BCUT2D eigenvalue weighted by molar-refractivity contribution is 6.33. The molecule has 0 aliphatic carbocycles. The number of benzene rings is 1. The van der Waals surface area contributed by atoms with Gasteiger partial charge in [-0.1, -0.05) is 11.6 Å². The van der Waals surface area contributed by atoms with Crippen LogP contribution in [-0.2, 0) is 9.53 Å². The lowest BCUT2D eigenvalue weighted by atomic mass is 10.2. The Balaban J connectivity index is 2.97. The summed E-state index contributed by atoms with van der Waals surface area (Å²) in [6, 6.07) is 1.23. The minimum absolute atomic E-state index is 0.314. The summed E-state index contributed by atoms with van der Waals surface area (Å²) in [5.74, 6) is -4.35. The van der Waals surface area contributed by atoms with E-state index in [0.29, 0.717) is 12.1 Å². The van der Waals surface area contributed by atoms with Gasteiger partial charge in [0, 0.05) is 0 Å². The quantitative estimate of drug-likeness (QED) is 0.666. The van der Waals surface area contributed by atoms with Gasteiger partial charge >= 0.3 is 5.97 Å². The molecule has 0 aliphatic rings. The molecule has 0 saturated heterocycles. The lowest BCUT2D eigenvalue weighted by Gasteiger charge is -2.10. The molecule has 4 nitrogen and oxygen atoms in total. The van der Waals surface area contributed by atoms with E-state index in [0.717, 1.165) is 0 Å². The summed E-state index contributed by atoms with van der Waals surface area (Å²) in [6.07, 6.45) is -1.19. The molecule has 0 unspecified atom stereocenters. The third kappa shape index (κ3) is 3.13. The van der Waals surface area contributed by atoms with Crippen LogP contribution in [-0.4, -0.2) is 18.0 Å². The summed E-state index contributed by atoms with van der Waals surface area (Å²) in [6.45, 7) is 1.24. The maximum absolute atomic E-state index is 12.9. The summed E-state index contributed by atoms with van der Waals surface area (Å²) in [7, 11) is 0. The van der Waals surface area contributed by atoms with Crippen molar-refractivity contribution in [1.82, 2.24) is 0 Å². The first-order valence-electron chi connectivity index (χ1n) is 4.47. The summed E-state index contributed by atoms with van der Waals surface area (Å²) >= 11 is 5.54. The molecule has 0 saturated carbocycles. The second-order valence-corrected chi connectivity index (χ2v) is 3.60. The van der Waals surface area contributed by atoms with Gasteiger partial charge in [0.1, 0.15) is 0 Å². The molecule has 7 heteroatoms. The topological polar surface area (TPSA) is 69.4 Å². The van der Waals surface area contributed by atoms with Crippen LogP contribution in [0.4, 0.5) is 8.78 Å². The minimum atomic E-state index is -1.24. The average Bonchev–Trinajstić information content (AvgIpc) is 2.22. The molecule has 1 rings (SSSR count). The van der Waals surface area contributed by atoms with E-state index in [-0.39, 0.29) is 10.6 Å². The summed E-state index contributed by atoms with van der Waals surface area (Å²) in [4.78, 5) is 22.1. The Morgan fingerprint density at radius 3 is 2.41 bits per heavy atom. The van der Waals surface area contributed by atoms with Crippen LogP contribution in [0.1, 0.15) is 17.3 Å². The highest BCUT2D eigenvalue weighted by Crippen LogP contribution is 2.21. The fourth-order valence-corrected chi connectivity index (χ4v) is 1.19. The second-order valence-electron chi connectivity index (χ2n) is 3.20. The largest absolute Gasteiger partial charge is 0.449 e. The van der Waals surface area contributed by atoms with Crippen molar-refractivity contribution in [2.75, 3.05) is 0 Å². The van der Waals surface area contributed by atoms with Crippen molar-refractivity contribution < 1.29 is 23.1 Å². The molecular weight excluding hydrogens is 256 g/mol. The summed E-state index contributed by atoms with van der Waals surface area (Å²) in [5.41, 5.74) is 4.49. The number of amides is 1. The summed E-state index contributed by atoms with van der Waals surface area (Å²) < 4.78 is 30.2. The zero-order valence-electron chi connectivity index (χ0n) is 8.67. The molecule has 1 atom stereocenters. The maximum atomic E-state index is 12.9. The van der Waals surface area contributed by atoms with E-state index < -0.39 is 29.6 Å². The Labute approximate surface area is 100 Å². The third-order valence-electron chi connectivity index (χ3n) is 1.91. The first-order chi connectivity index (χ1) is 7.82. The molecule has 1 aromatic rings. The number of esters is 1. The van der Waals surface area contributed by atoms with E-state index in [2.05, 4.69) is 4.74 Å². The Bertz CT molecular complexity index is 479. The van der Waals surface area contributed by atoms with Gasteiger partial charge in [0.2, 0.25) is 0 Å². The normalized spacial score (nSPS) is 12.0. The van der Waals surface area contributed by atoms with Crippen molar-refractivity contribution in [3.8, 4) is 0 Å². The average molecular weight is 264 g/mol. The highest BCUT2D eigenvalue weighted by atomic mass is 35.5. The van der Waals surface area contributed by atoms with Gasteiger partial charge < -0.3 is 10.5 Å². The number of carbonyl (C=O) groups excluding carboxylic acids is 2. The van der Waals surface area contributed by atoms with Crippen molar-refractivity contribution in [1.29, 1.82) is 0 Å². The van der Waals surface area contributed by atoms with Crippen LogP contribution in [0, 0.1) is 11.6 Å². The van der Waals surface area contributed by atoms with Crippen molar-refractivity contribution in [2.45, 2.75) is 13.0 Å². The van der Waals surface area contributed by atoms with Gasteiger partial charge in [-0.3, -0.25) is 4.79 Å². The summed E-state index contributed by atoms with van der Waals surface area (Å²) in [5, 5.41) is -0.314. The van der Waals surface area contributed by atoms with Gasteiger partial charge in [-0.25, -0.2) is 13.6 Å². The zero-order valence-corrected chi connectivity index (χ0v) is 9.42. The molecule has 0 fully saturated rings. The van der Waals surface area contributed by atoms with Gasteiger partial charge in [-0.15, -0.1) is 0 Å². The van der Waals surface area contributed by atoms with Crippen molar-refractivity contribution in [3.05, 3.63) is 34.4 Å². The number of carbonyl (C=O) groups is 2. The van der Waals surface area contributed by atoms with Gasteiger partial charge in [-0.05, 0) is 19.1 Å². The second kappa shape index (κ2) is 5.09. The fraction of sp³-hybridized carbons (Fsp3) is 0.200. The molecule has 0 aromatic heterocycles. The third-order valence-corrected chi connectivity index (χ3v) is 2.23. The Morgan fingerprint density at radius 1 is 1.35 bits per heavy atom. The molecule has 0 spiro atoms. The SMILES string of the molecule is C[C@@H](OC(=O)c1cc(F)c(F)cc1Cl)C(N)=O. The Hall–Kier alpha value is -1.69. The van der Waals surface area contributed by atoms with Crippen LogP contribution < -0.4 is 5.73 Å². The molecule has 0 aliphatic heterocycles. The van der Waals surface area contributed by atoms with E-state index in [1.54, 1.807) is 0 Å². The van der Waals surface area contributed by atoms with Crippen LogP contribution in [0.3, 0.4) is 0 Å². The smallest absolute Gasteiger partial charge is 0.340 e. The number of nitrogens with two attached hydrogens (primary N) is 1. The Morgan fingerprint density at radius 2 is 1.88 bits per heavy atom. The monoisotopic (exact) mass is 263 g/mol. The van der Waals surface area contributed by atoms with E-state index in [9.17, 15) is 18.4 Å². The molecule has 0 bridgehead atoms. The van der Waals surface area contributed by atoms with Crippen LogP contribution in [0.25, 0.3) is 0 Å². The maximum Gasteiger partial charge on any atom is 0.340 e. The lowest BCUT2D eigenvalue weighted by molar-refractivity contribution is -0.125. The number of hydrogen-bond acceptors (Lipinski definition) is 3. The van der Waals surface area contributed by atoms with Crippen LogP contribution in [0.2, 0.25) is 5.02 Å². The highest BCUT2D eigenvalue weighted by Gasteiger charge is 2.20. The van der Waals surface area contributed by atoms with Crippen molar-refractivity contribution in [3.63, 3.8) is 0 Å². The number of ether oxygens (including phenoxy) is 1. The van der Waals surface area contributed by atoms with E-state index in [1.165, 1.54) is 6.92 Å². The van der Waals surface area contributed by atoms with Crippen molar-refractivity contribution in [2.24, 2.45) is 5.73 Å². The first-order valence-corrected chi connectivity index (χ1v) is 4.85. The Kier molecular flexibility index (Phi) is 4.01. The minimum Gasteiger partial charge on any atom is -0.449 e. The van der Waals surface area contributed by atoms with E-state index in [1.807, 2.05) is 0 Å². The molecule has 92 valence electrons. The van der Waals surface area contributed by atoms with E-state index in [4.69, 9.17) is 17.3 Å². The van der Waals surface area contributed by atoms with Gasteiger partial charge in [0.15, 0.2) is 17.7 Å². The number of halogens is 3. The van der Waals surface area contributed by atoms with E-state index >= 15 is 0 Å². The molecule has 1 amide bonds. The van der Waals surface area contributed by atoms with Crippen LogP contribution in [0.5, 0.6) is 0 Å². The van der Waals surface area contributed by atoms with Crippen LogP contribution >= 0.6 is 11.6 Å². The zero-order chi connectivity index (χ0) is 13.2. The number of rotatable bonds is 3. The molecule has 2 N–H and O–H groups in total.